The summed E-state index contributed by atoms with van der Waals surface area (Å²) >= 11 is 0. The first-order valence-electron chi connectivity index (χ1n) is 9.33. The first kappa shape index (κ1) is 18.5. The largest absolute Gasteiger partial charge is 0.420 e. The first-order valence-corrected chi connectivity index (χ1v) is 10.9. The molecular weight excluding hydrogens is 368 g/mol. The van der Waals surface area contributed by atoms with Crippen LogP contribution in [0.5, 0.6) is 0 Å². The maximum absolute atomic E-state index is 12.7. The smallest absolute Gasteiger partial charge is 0.247 e. The van der Waals surface area contributed by atoms with Gasteiger partial charge in [0.2, 0.25) is 21.8 Å². The number of hydrogen-bond donors (Lipinski definition) is 0. The number of sulfonamides is 1. The number of aromatic nitrogens is 3. The van der Waals surface area contributed by atoms with Gasteiger partial charge < -0.3 is 9.15 Å². The van der Waals surface area contributed by atoms with Crippen molar-refractivity contribution in [3.05, 3.63) is 30.4 Å². The second-order valence-corrected chi connectivity index (χ2v) is 9.41. The molecule has 0 aromatic carbocycles. The number of hydrogen-bond acceptors (Lipinski definition) is 7. The van der Waals surface area contributed by atoms with Crippen molar-refractivity contribution in [2.75, 3.05) is 32.1 Å². The number of ether oxygens (including phenoxy) is 1. The van der Waals surface area contributed by atoms with Gasteiger partial charge in [0.15, 0.2) is 0 Å². The van der Waals surface area contributed by atoms with Crippen LogP contribution in [0.3, 0.4) is 0 Å². The topological polar surface area (TPSA) is 98.4 Å². The van der Waals surface area contributed by atoms with E-state index in [4.69, 9.17) is 9.15 Å². The van der Waals surface area contributed by atoms with Gasteiger partial charge in [-0.2, -0.15) is 0 Å². The summed E-state index contributed by atoms with van der Waals surface area (Å²) in [6.45, 7) is 4.03. The van der Waals surface area contributed by atoms with Crippen LogP contribution in [0.15, 0.2) is 28.9 Å². The summed E-state index contributed by atoms with van der Waals surface area (Å²) in [4.78, 5) is 4.00. The highest BCUT2D eigenvalue weighted by Crippen LogP contribution is 2.50. The van der Waals surface area contributed by atoms with Crippen molar-refractivity contribution in [2.24, 2.45) is 5.41 Å². The zero-order valence-electron chi connectivity index (χ0n) is 15.4. The summed E-state index contributed by atoms with van der Waals surface area (Å²) in [5.41, 5.74) is 0.597. The molecule has 4 rings (SSSR count). The standard InChI is InChI=1S/C18H24N4O4S/c1-2-11-27(23,24)22-12-15(18(13-22)5-9-25-10-6-18)17-21-20-16(26-17)14-3-7-19-8-4-14/h3-4,7-8,15H,2,5-6,9-13H2,1H3. The summed E-state index contributed by atoms with van der Waals surface area (Å²) in [5.74, 6) is 0.997. The summed E-state index contributed by atoms with van der Waals surface area (Å²) in [7, 11) is -3.28. The molecule has 0 saturated carbocycles. The summed E-state index contributed by atoms with van der Waals surface area (Å²) in [6, 6.07) is 3.63. The Balaban J connectivity index is 1.66. The molecule has 9 heteroatoms. The predicted molar refractivity (Wildman–Crippen MR) is 98.4 cm³/mol. The molecule has 2 saturated heterocycles. The molecule has 8 nitrogen and oxygen atoms in total. The van der Waals surface area contributed by atoms with Crippen LogP contribution < -0.4 is 0 Å². The third kappa shape index (κ3) is 3.51. The van der Waals surface area contributed by atoms with E-state index in [-0.39, 0.29) is 17.1 Å². The van der Waals surface area contributed by atoms with Crippen LogP contribution in [0.2, 0.25) is 0 Å². The predicted octanol–water partition coefficient (Wildman–Crippen LogP) is 2.07. The van der Waals surface area contributed by atoms with Crippen LogP contribution in [0.1, 0.15) is 38.0 Å². The molecule has 4 heterocycles. The highest BCUT2D eigenvalue weighted by Gasteiger charge is 2.52. The summed E-state index contributed by atoms with van der Waals surface area (Å²) in [6.07, 6.45) is 5.54. The molecule has 2 fully saturated rings. The zero-order chi connectivity index (χ0) is 18.9. The summed E-state index contributed by atoms with van der Waals surface area (Å²) in [5, 5.41) is 8.48. The van der Waals surface area contributed by atoms with Gasteiger partial charge in [0.25, 0.3) is 0 Å². The van der Waals surface area contributed by atoms with Gasteiger partial charge in [-0.1, -0.05) is 6.92 Å². The van der Waals surface area contributed by atoms with Crippen LogP contribution in [0, 0.1) is 5.41 Å². The van der Waals surface area contributed by atoms with Crippen molar-refractivity contribution < 1.29 is 17.6 Å². The zero-order valence-corrected chi connectivity index (χ0v) is 16.2. The van der Waals surface area contributed by atoms with Crippen LogP contribution in [0.25, 0.3) is 11.5 Å². The van der Waals surface area contributed by atoms with E-state index in [0.717, 1.165) is 18.4 Å². The van der Waals surface area contributed by atoms with Crippen LogP contribution in [0.4, 0.5) is 0 Å². The molecule has 2 aromatic rings. The van der Waals surface area contributed by atoms with E-state index in [1.807, 2.05) is 19.1 Å². The molecule has 2 aromatic heterocycles. The first-order chi connectivity index (χ1) is 13.0. The van der Waals surface area contributed by atoms with Crippen molar-refractivity contribution in [2.45, 2.75) is 32.1 Å². The van der Waals surface area contributed by atoms with Crippen molar-refractivity contribution in [1.29, 1.82) is 0 Å². The van der Waals surface area contributed by atoms with Gasteiger partial charge >= 0.3 is 0 Å². The molecule has 0 bridgehead atoms. The van der Waals surface area contributed by atoms with Gasteiger partial charge in [-0.25, -0.2) is 12.7 Å². The molecule has 0 N–H and O–H groups in total. The number of rotatable bonds is 5. The fourth-order valence-corrected chi connectivity index (χ4v) is 5.74. The lowest BCUT2D eigenvalue weighted by atomic mass is 9.72. The normalized spacial score (nSPS) is 23.1. The Morgan fingerprint density at radius 1 is 1.22 bits per heavy atom. The van der Waals surface area contributed by atoms with Gasteiger partial charge in [-0.05, 0) is 31.4 Å². The minimum absolute atomic E-state index is 0.115. The second kappa shape index (κ2) is 7.29. The van der Waals surface area contributed by atoms with Crippen molar-refractivity contribution in [3.8, 4) is 11.5 Å². The van der Waals surface area contributed by atoms with E-state index in [9.17, 15) is 8.42 Å². The molecule has 2 aliphatic rings. The highest BCUT2D eigenvalue weighted by molar-refractivity contribution is 7.89. The molecule has 0 radical (unpaired) electrons. The van der Waals surface area contributed by atoms with Crippen molar-refractivity contribution in [1.82, 2.24) is 19.5 Å². The Kier molecular flexibility index (Phi) is 5.00. The molecular formula is C18H24N4O4S. The fourth-order valence-electron chi connectivity index (χ4n) is 4.13. The third-order valence-electron chi connectivity index (χ3n) is 5.63. The fraction of sp³-hybridized carbons (Fsp3) is 0.611. The Morgan fingerprint density at radius 2 is 1.96 bits per heavy atom. The minimum Gasteiger partial charge on any atom is -0.420 e. The van der Waals surface area contributed by atoms with Crippen LogP contribution in [-0.4, -0.2) is 60.0 Å². The van der Waals surface area contributed by atoms with E-state index in [2.05, 4.69) is 15.2 Å². The van der Waals surface area contributed by atoms with Gasteiger partial charge in [0.1, 0.15) is 0 Å². The molecule has 1 spiro atoms. The SMILES string of the molecule is CCCS(=O)(=O)N1CC(c2nnc(-c3ccncc3)o2)C2(CCOCC2)C1. The lowest BCUT2D eigenvalue weighted by Crippen LogP contribution is -2.37. The molecule has 0 aliphatic carbocycles. The quantitative estimate of drug-likeness (QED) is 0.768. The molecule has 1 unspecified atom stereocenters. The lowest BCUT2D eigenvalue weighted by molar-refractivity contribution is 0.0112. The highest BCUT2D eigenvalue weighted by atomic mass is 32.2. The van der Waals surface area contributed by atoms with Crippen molar-refractivity contribution >= 4 is 10.0 Å². The maximum atomic E-state index is 12.7. The molecule has 0 amide bonds. The molecule has 1 atom stereocenters. The monoisotopic (exact) mass is 392 g/mol. The average molecular weight is 392 g/mol. The Morgan fingerprint density at radius 3 is 2.67 bits per heavy atom. The van der Waals surface area contributed by atoms with E-state index in [1.165, 1.54) is 0 Å². The number of nitrogens with zero attached hydrogens (tertiary/aromatic N) is 4. The second-order valence-electron chi connectivity index (χ2n) is 7.32. The molecule has 2 aliphatic heterocycles. The van der Waals surface area contributed by atoms with E-state index in [1.54, 1.807) is 16.7 Å². The molecule has 27 heavy (non-hydrogen) atoms. The van der Waals surface area contributed by atoms with Crippen LogP contribution in [-0.2, 0) is 14.8 Å². The van der Waals surface area contributed by atoms with Crippen molar-refractivity contribution in [3.63, 3.8) is 0 Å². The van der Waals surface area contributed by atoms with E-state index >= 15 is 0 Å². The third-order valence-corrected chi connectivity index (χ3v) is 7.62. The van der Waals surface area contributed by atoms with Gasteiger partial charge in [0.05, 0.1) is 11.7 Å². The lowest BCUT2D eigenvalue weighted by Gasteiger charge is -2.36. The van der Waals surface area contributed by atoms with E-state index < -0.39 is 10.0 Å². The maximum Gasteiger partial charge on any atom is 0.247 e. The number of pyridine rings is 1. The molecule has 146 valence electrons. The van der Waals surface area contributed by atoms with Gasteiger partial charge in [-0.15, -0.1) is 10.2 Å². The van der Waals surface area contributed by atoms with Crippen LogP contribution >= 0.6 is 0 Å². The van der Waals surface area contributed by atoms with Gasteiger partial charge in [-0.3, -0.25) is 4.98 Å². The van der Waals surface area contributed by atoms with Gasteiger partial charge in [0, 0.05) is 49.7 Å². The summed E-state index contributed by atoms with van der Waals surface area (Å²) < 4.78 is 38.5. The Labute approximate surface area is 159 Å². The average Bonchev–Trinajstić information content (AvgIpc) is 3.29. The Bertz CT molecular complexity index is 878. The Hall–Kier alpha value is -1.84. The minimum atomic E-state index is -3.28. The van der Waals surface area contributed by atoms with E-state index in [0.29, 0.717) is 44.5 Å².